The lowest BCUT2D eigenvalue weighted by molar-refractivity contribution is -0.727. The molecule has 3 aromatic rings. The van der Waals surface area contributed by atoms with Crippen LogP contribution in [0.4, 0.5) is 0 Å². The van der Waals surface area contributed by atoms with E-state index in [1.54, 1.807) is 0 Å². The number of rotatable bonds is 6. The summed E-state index contributed by atoms with van der Waals surface area (Å²) in [5.41, 5.74) is 2.03. The first kappa shape index (κ1) is 16.0. The fourth-order valence-electron chi connectivity index (χ4n) is 3.00. The van der Waals surface area contributed by atoms with Gasteiger partial charge in [0.2, 0.25) is 0 Å². The topological polar surface area (TPSA) is 62.0 Å². The first-order valence-electron chi connectivity index (χ1n) is 8.11. The summed E-state index contributed by atoms with van der Waals surface area (Å²) >= 11 is 0. The monoisotopic (exact) mass is 313 g/mol. The van der Waals surface area contributed by atoms with Crippen molar-refractivity contribution in [3.05, 3.63) is 48.5 Å². The minimum atomic E-state index is -0.472. The van der Waals surface area contributed by atoms with Crippen molar-refractivity contribution >= 4 is 21.8 Å². The standard InChI is InChI=1S/C19H24N2O2/c1-19(2,13-22)20-11-14(23)12-21-17-9-5-3-7-15(17)16-8-4-6-10-18(16)21/h3-10,14,20,22-23H,11-13H2,1-2H3/p+1. The molecular formula is C19H25N2O2+. The lowest BCUT2D eigenvalue weighted by Gasteiger charge is -2.22. The van der Waals surface area contributed by atoms with Crippen molar-refractivity contribution < 1.29 is 15.5 Å². The Morgan fingerprint density at radius 1 is 1.00 bits per heavy atom. The fraction of sp³-hybridized carbons (Fsp3) is 0.368. The number of fused-ring (bicyclic) bond motifs is 3. The van der Waals surface area contributed by atoms with E-state index in [9.17, 15) is 10.2 Å². The molecule has 0 radical (unpaired) electrons. The van der Waals surface area contributed by atoms with Crippen molar-refractivity contribution in [2.75, 3.05) is 13.2 Å². The number of aromatic nitrogens is 1. The lowest BCUT2D eigenvalue weighted by atomic mass is 10.1. The molecule has 1 atom stereocenters. The van der Waals surface area contributed by atoms with E-state index in [4.69, 9.17) is 0 Å². The molecule has 23 heavy (non-hydrogen) atoms. The minimum Gasteiger partial charge on any atom is -0.390 e. The Morgan fingerprint density at radius 2 is 1.52 bits per heavy atom. The van der Waals surface area contributed by atoms with Gasteiger partial charge in [-0.1, -0.05) is 36.4 Å². The van der Waals surface area contributed by atoms with E-state index in [0.29, 0.717) is 13.1 Å². The van der Waals surface area contributed by atoms with Crippen LogP contribution in [-0.2, 0) is 6.54 Å². The predicted octanol–water partition coefficient (Wildman–Crippen LogP) is 1.49. The number of hydrogen-bond acceptors (Lipinski definition) is 2. The number of para-hydroxylation sites is 2. The summed E-state index contributed by atoms with van der Waals surface area (Å²) in [6.45, 7) is 5.15. The molecule has 2 aromatic carbocycles. The third-order valence-electron chi connectivity index (χ3n) is 4.42. The highest BCUT2D eigenvalue weighted by molar-refractivity contribution is 6.07. The molecule has 0 bridgehead atoms. The van der Waals surface area contributed by atoms with Gasteiger partial charge in [0, 0.05) is 21.8 Å². The van der Waals surface area contributed by atoms with Crippen molar-refractivity contribution in [3.8, 4) is 0 Å². The van der Waals surface area contributed by atoms with Crippen molar-refractivity contribution in [1.29, 1.82) is 0 Å². The van der Waals surface area contributed by atoms with Crippen LogP contribution in [0.1, 0.15) is 13.8 Å². The van der Waals surface area contributed by atoms with Crippen molar-refractivity contribution in [2.24, 2.45) is 0 Å². The predicted molar refractivity (Wildman–Crippen MR) is 93.4 cm³/mol. The largest absolute Gasteiger partial charge is 0.390 e. The molecule has 1 aromatic heterocycles. The van der Waals surface area contributed by atoms with E-state index in [1.165, 1.54) is 10.8 Å². The quantitative estimate of drug-likeness (QED) is 0.646. The van der Waals surface area contributed by atoms with Gasteiger partial charge in [0.05, 0.1) is 13.2 Å². The summed E-state index contributed by atoms with van der Waals surface area (Å²) in [6, 6.07) is 16.6. The van der Waals surface area contributed by atoms with Crippen LogP contribution in [-0.4, -0.2) is 39.6 Å². The minimum absolute atomic E-state index is 0.0924. The van der Waals surface area contributed by atoms with Crippen LogP contribution >= 0.6 is 0 Å². The number of nitrogens with zero attached hydrogens (tertiary/aromatic N) is 1. The molecule has 0 aliphatic rings. The van der Waals surface area contributed by atoms with E-state index < -0.39 is 6.10 Å². The molecular weight excluding hydrogens is 288 g/mol. The van der Waals surface area contributed by atoms with Crippen LogP contribution in [0.2, 0.25) is 0 Å². The van der Waals surface area contributed by atoms with E-state index >= 15 is 0 Å². The van der Waals surface area contributed by atoms with Gasteiger partial charge in [0.25, 0.3) is 0 Å². The number of quaternary nitrogens is 1. The van der Waals surface area contributed by atoms with Crippen LogP contribution < -0.4 is 5.32 Å². The molecule has 4 nitrogen and oxygen atoms in total. The maximum Gasteiger partial charge on any atom is 0.121 e. The number of benzene rings is 2. The molecule has 122 valence electrons. The first-order valence-corrected chi connectivity index (χ1v) is 8.11. The Labute approximate surface area is 136 Å². The van der Waals surface area contributed by atoms with Crippen LogP contribution in [0.3, 0.4) is 0 Å². The number of hydrogen-bond donors (Lipinski definition) is 3. The SMILES string of the molecule is CC(C)(CO)[NH2+]CC(O)Cn1c2ccccc2c2ccccc21. The normalized spacial score (nSPS) is 13.7. The Morgan fingerprint density at radius 3 is 2.04 bits per heavy atom. The molecule has 0 saturated heterocycles. The Hall–Kier alpha value is -1.88. The van der Waals surface area contributed by atoms with E-state index in [0.717, 1.165) is 11.0 Å². The zero-order valence-corrected chi connectivity index (χ0v) is 13.7. The zero-order chi connectivity index (χ0) is 16.4. The molecule has 0 fully saturated rings. The van der Waals surface area contributed by atoms with Gasteiger partial charge >= 0.3 is 0 Å². The molecule has 0 amide bonds. The molecule has 0 spiro atoms. The van der Waals surface area contributed by atoms with Gasteiger partial charge in [0.1, 0.15) is 18.2 Å². The van der Waals surface area contributed by atoms with Crippen molar-refractivity contribution in [3.63, 3.8) is 0 Å². The molecule has 0 saturated carbocycles. The number of nitrogens with two attached hydrogens (primary N) is 1. The van der Waals surface area contributed by atoms with Gasteiger partial charge in [-0.3, -0.25) is 0 Å². The zero-order valence-electron chi connectivity index (χ0n) is 13.7. The molecule has 1 unspecified atom stereocenters. The fourth-order valence-corrected chi connectivity index (χ4v) is 3.00. The molecule has 4 heteroatoms. The second-order valence-electron chi connectivity index (χ2n) is 6.89. The van der Waals surface area contributed by atoms with E-state index in [1.807, 2.05) is 43.4 Å². The van der Waals surface area contributed by atoms with Crippen LogP contribution in [0.5, 0.6) is 0 Å². The van der Waals surface area contributed by atoms with Crippen molar-refractivity contribution in [2.45, 2.75) is 32.0 Å². The smallest absolute Gasteiger partial charge is 0.121 e. The van der Waals surface area contributed by atoms with Gasteiger partial charge in [0.15, 0.2) is 0 Å². The third kappa shape index (κ3) is 3.24. The van der Waals surface area contributed by atoms with Gasteiger partial charge in [-0.05, 0) is 26.0 Å². The summed E-state index contributed by atoms with van der Waals surface area (Å²) < 4.78 is 2.19. The Bertz CT molecular complexity index is 754. The first-order chi connectivity index (χ1) is 11.0. The molecule has 1 heterocycles. The molecule has 0 aliphatic heterocycles. The second kappa shape index (κ2) is 6.32. The van der Waals surface area contributed by atoms with Crippen molar-refractivity contribution in [1.82, 2.24) is 4.57 Å². The average molecular weight is 313 g/mol. The number of aliphatic hydroxyl groups excluding tert-OH is 2. The van der Waals surface area contributed by atoms with Gasteiger partial charge < -0.3 is 20.1 Å². The summed E-state index contributed by atoms with van der Waals surface area (Å²) in [6.07, 6.45) is -0.472. The summed E-state index contributed by atoms with van der Waals surface area (Å²) in [4.78, 5) is 0. The summed E-state index contributed by atoms with van der Waals surface area (Å²) in [5.74, 6) is 0. The van der Waals surface area contributed by atoms with Crippen LogP contribution in [0, 0.1) is 0 Å². The van der Waals surface area contributed by atoms with Crippen LogP contribution in [0.15, 0.2) is 48.5 Å². The van der Waals surface area contributed by atoms with E-state index in [-0.39, 0.29) is 12.1 Å². The Balaban J connectivity index is 1.90. The van der Waals surface area contributed by atoms with Gasteiger partial charge in [-0.15, -0.1) is 0 Å². The van der Waals surface area contributed by atoms with Crippen LogP contribution in [0.25, 0.3) is 21.8 Å². The highest BCUT2D eigenvalue weighted by Crippen LogP contribution is 2.28. The molecule has 0 aliphatic carbocycles. The van der Waals surface area contributed by atoms with Gasteiger partial charge in [-0.2, -0.15) is 0 Å². The average Bonchev–Trinajstić information content (AvgIpc) is 2.88. The van der Waals surface area contributed by atoms with Gasteiger partial charge in [-0.25, -0.2) is 0 Å². The Kier molecular flexibility index (Phi) is 4.39. The maximum atomic E-state index is 10.5. The highest BCUT2D eigenvalue weighted by Gasteiger charge is 2.22. The lowest BCUT2D eigenvalue weighted by Crippen LogP contribution is -2.97. The molecule has 4 N–H and O–H groups in total. The summed E-state index contributed by atoms with van der Waals surface area (Å²) in [7, 11) is 0. The van der Waals surface area contributed by atoms with E-state index in [2.05, 4.69) is 28.8 Å². The number of aliphatic hydroxyl groups is 2. The maximum absolute atomic E-state index is 10.5. The highest BCUT2D eigenvalue weighted by atomic mass is 16.3. The summed E-state index contributed by atoms with van der Waals surface area (Å²) in [5, 5.41) is 24.2. The third-order valence-corrected chi connectivity index (χ3v) is 4.42. The second-order valence-corrected chi connectivity index (χ2v) is 6.89. The molecule has 3 rings (SSSR count).